The average molecular weight is 431 g/mol. The maximum atomic E-state index is 14.6. The van der Waals surface area contributed by atoms with Crippen LogP contribution in [0.1, 0.15) is 34.3 Å². The van der Waals surface area contributed by atoms with Crippen LogP contribution in [-0.4, -0.2) is 31.3 Å². The Labute approximate surface area is 183 Å². The first-order valence-corrected chi connectivity index (χ1v) is 10.5. The van der Waals surface area contributed by atoms with Gasteiger partial charge in [0, 0.05) is 18.7 Å². The van der Waals surface area contributed by atoms with Gasteiger partial charge in [0.1, 0.15) is 5.82 Å². The summed E-state index contributed by atoms with van der Waals surface area (Å²) < 4.78 is 17.5. The molecule has 162 valence electrons. The van der Waals surface area contributed by atoms with E-state index in [0.717, 1.165) is 18.4 Å². The zero-order chi connectivity index (χ0) is 22.6. The van der Waals surface area contributed by atoms with Gasteiger partial charge in [-0.05, 0) is 67.6 Å². The first kappa shape index (κ1) is 20.1. The first-order valence-electron chi connectivity index (χ1n) is 10.5. The van der Waals surface area contributed by atoms with Crippen molar-refractivity contribution < 1.29 is 9.18 Å². The zero-order valence-electron chi connectivity index (χ0n) is 18.0. The van der Waals surface area contributed by atoms with E-state index in [4.69, 9.17) is 0 Å². The molecule has 4 aromatic rings. The van der Waals surface area contributed by atoms with Crippen LogP contribution in [0.15, 0.2) is 47.3 Å². The molecule has 2 aromatic carbocycles. The SMILES string of the molecule is Cc1ccc(C(=O)NC2CC2)cc1-c1cc2nnc(-c3c(C)cccc3F)n2n(C)c1=O. The van der Waals surface area contributed by atoms with Gasteiger partial charge in [-0.25, -0.2) is 13.6 Å². The average Bonchev–Trinajstić information content (AvgIpc) is 3.48. The number of carbonyl (C=O) groups is 1. The molecule has 2 aromatic heterocycles. The van der Waals surface area contributed by atoms with Crippen LogP contribution in [0.25, 0.3) is 28.2 Å². The molecule has 5 rings (SSSR count). The summed E-state index contributed by atoms with van der Waals surface area (Å²) in [6.07, 6.45) is 2.00. The molecule has 7 nitrogen and oxygen atoms in total. The molecule has 0 unspecified atom stereocenters. The monoisotopic (exact) mass is 431 g/mol. The van der Waals surface area contributed by atoms with Gasteiger partial charge >= 0.3 is 0 Å². The van der Waals surface area contributed by atoms with Crippen molar-refractivity contribution in [3.63, 3.8) is 0 Å². The molecule has 1 fully saturated rings. The molecule has 0 radical (unpaired) electrons. The van der Waals surface area contributed by atoms with Crippen molar-refractivity contribution in [1.29, 1.82) is 0 Å². The predicted molar refractivity (Wildman–Crippen MR) is 119 cm³/mol. The van der Waals surface area contributed by atoms with E-state index in [9.17, 15) is 14.0 Å². The van der Waals surface area contributed by atoms with Gasteiger partial charge in [0.05, 0.1) is 11.1 Å². The van der Waals surface area contributed by atoms with Crippen LogP contribution in [0, 0.1) is 19.7 Å². The molecule has 1 aliphatic rings. The number of rotatable bonds is 4. The molecule has 8 heteroatoms. The highest BCUT2D eigenvalue weighted by atomic mass is 19.1. The second-order valence-electron chi connectivity index (χ2n) is 8.29. The van der Waals surface area contributed by atoms with E-state index in [2.05, 4.69) is 15.5 Å². The summed E-state index contributed by atoms with van der Waals surface area (Å²) in [5.74, 6) is -0.316. The van der Waals surface area contributed by atoms with Crippen molar-refractivity contribution in [2.75, 3.05) is 0 Å². The number of carbonyl (C=O) groups excluding carboxylic acids is 1. The van der Waals surface area contributed by atoms with Gasteiger partial charge in [-0.3, -0.25) is 9.59 Å². The Morgan fingerprint density at radius 1 is 1.06 bits per heavy atom. The van der Waals surface area contributed by atoms with Gasteiger partial charge in [-0.2, -0.15) is 0 Å². The first-order chi connectivity index (χ1) is 15.3. The summed E-state index contributed by atoms with van der Waals surface area (Å²) in [7, 11) is 1.60. The summed E-state index contributed by atoms with van der Waals surface area (Å²) in [6, 6.07) is 12.0. The third-order valence-corrected chi connectivity index (χ3v) is 5.91. The molecule has 32 heavy (non-hydrogen) atoms. The van der Waals surface area contributed by atoms with E-state index >= 15 is 0 Å². The Kier molecular flexibility index (Phi) is 4.65. The minimum atomic E-state index is -0.430. The lowest BCUT2D eigenvalue weighted by atomic mass is 9.99. The number of aromatic nitrogens is 4. The van der Waals surface area contributed by atoms with Crippen LogP contribution < -0.4 is 10.9 Å². The van der Waals surface area contributed by atoms with Gasteiger partial charge < -0.3 is 5.32 Å². The Bertz CT molecular complexity index is 1430. The van der Waals surface area contributed by atoms with Gasteiger partial charge in [-0.15, -0.1) is 10.2 Å². The lowest BCUT2D eigenvalue weighted by molar-refractivity contribution is 0.0951. The molecular weight excluding hydrogens is 409 g/mol. The van der Waals surface area contributed by atoms with Gasteiger partial charge in [0.2, 0.25) is 0 Å². The molecule has 1 aliphatic carbocycles. The molecule has 0 bridgehead atoms. The van der Waals surface area contributed by atoms with E-state index in [1.165, 1.54) is 15.3 Å². The third kappa shape index (κ3) is 3.28. The van der Waals surface area contributed by atoms with Crippen molar-refractivity contribution in [2.24, 2.45) is 7.05 Å². The standard InChI is InChI=1S/C24H22FN5O2/c1-13-7-8-15(23(31)26-16-9-10-16)11-17(13)18-12-20-27-28-22(30(20)29(3)24(18)32)21-14(2)5-4-6-19(21)25/h4-8,11-12,16H,9-10H2,1-3H3,(H,26,31). The highest BCUT2D eigenvalue weighted by Gasteiger charge is 2.25. The molecule has 0 atom stereocenters. The smallest absolute Gasteiger partial charge is 0.273 e. The quantitative estimate of drug-likeness (QED) is 0.537. The second-order valence-corrected chi connectivity index (χ2v) is 8.29. The summed E-state index contributed by atoms with van der Waals surface area (Å²) in [4.78, 5) is 25.9. The molecule has 0 spiro atoms. The number of amides is 1. The number of nitrogens with one attached hydrogen (secondary N) is 1. The number of benzene rings is 2. The molecule has 1 saturated carbocycles. The van der Waals surface area contributed by atoms with Crippen LogP contribution in [0.5, 0.6) is 0 Å². The van der Waals surface area contributed by atoms with Crippen molar-refractivity contribution in [3.8, 4) is 22.5 Å². The molecular formula is C24H22FN5O2. The van der Waals surface area contributed by atoms with E-state index in [1.807, 2.05) is 13.0 Å². The second kappa shape index (κ2) is 7.40. The fourth-order valence-corrected chi connectivity index (χ4v) is 3.95. The molecule has 1 amide bonds. The Morgan fingerprint density at radius 2 is 1.84 bits per heavy atom. The van der Waals surface area contributed by atoms with Crippen LogP contribution in [0.3, 0.4) is 0 Å². The highest BCUT2D eigenvalue weighted by molar-refractivity contribution is 5.96. The van der Waals surface area contributed by atoms with Crippen molar-refractivity contribution in [2.45, 2.75) is 32.7 Å². The maximum absolute atomic E-state index is 14.6. The minimum Gasteiger partial charge on any atom is -0.349 e. The number of aryl methyl sites for hydroxylation is 3. The van der Waals surface area contributed by atoms with Crippen LogP contribution in [0.4, 0.5) is 4.39 Å². The number of halogens is 1. The van der Waals surface area contributed by atoms with Crippen LogP contribution >= 0.6 is 0 Å². The molecule has 2 heterocycles. The number of fused-ring (bicyclic) bond motifs is 1. The summed E-state index contributed by atoms with van der Waals surface area (Å²) in [6.45, 7) is 3.67. The number of hydrogen-bond acceptors (Lipinski definition) is 4. The van der Waals surface area contributed by atoms with Crippen molar-refractivity contribution >= 4 is 11.6 Å². The predicted octanol–water partition coefficient (Wildman–Crippen LogP) is 3.41. The normalized spacial score (nSPS) is 13.5. The Hall–Kier alpha value is -3.81. The third-order valence-electron chi connectivity index (χ3n) is 5.91. The van der Waals surface area contributed by atoms with Crippen molar-refractivity contribution in [1.82, 2.24) is 24.7 Å². The summed E-state index contributed by atoms with van der Waals surface area (Å²) in [5.41, 5.74) is 3.54. The fraction of sp³-hybridized carbons (Fsp3) is 0.250. The Balaban J connectivity index is 1.67. The van der Waals surface area contributed by atoms with Crippen LogP contribution in [0.2, 0.25) is 0 Å². The zero-order valence-corrected chi connectivity index (χ0v) is 18.0. The van der Waals surface area contributed by atoms with Gasteiger partial charge in [0.25, 0.3) is 11.5 Å². The number of nitrogens with zero attached hydrogens (tertiary/aromatic N) is 4. The van der Waals surface area contributed by atoms with E-state index in [1.54, 1.807) is 44.3 Å². The van der Waals surface area contributed by atoms with E-state index in [-0.39, 0.29) is 23.3 Å². The highest BCUT2D eigenvalue weighted by Crippen LogP contribution is 2.28. The lowest BCUT2D eigenvalue weighted by Crippen LogP contribution is -2.26. The molecule has 0 saturated heterocycles. The minimum absolute atomic E-state index is 0.147. The lowest BCUT2D eigenvalue weighted by Gasteiger charge is -2.13. The molecule has 1 N–H and O–H groups in total. The summed E-state index contributed by atoms with van der Waals surface area (Å²) >= 11 is 0. The Morgan fingerprint density at radius 3 is 2.56 bits per heavy atom. The maximum Gasteiger partial charge on any atom is 0.273 e. The topological polar surface area (TPSA) is 81.3 Å². The molecule has 0 aliphatic heterocycles. The van der Waals surface area contributed by atoms with E-state index in [0.29, 0.717) is 33.5 Å². The fourth-order valence-electron chi connectivity index (χ4n) is 3.95. The van der Waals surface area contributed by atoms with Gasteiger partial charge in [0.15, 0.2) is 11.5 Å². The van der Waals surface area contributed by atoms with Gasteiger partial charge in [-0.1, -0.05) is 18.2 Å². The number of hydrogen-bond donors (Lipinski definition) is 1. The largest absolute Gasteiger partial charge is 0.349 e. The van der Waals surface area contributed by atoms with Crippen LogP contribution in [-0.2, 0) is 7.05 Å². The van der Waals surface area contributed by atoms with E-state index < -0.39 is 5.82 Å². The van der Waals surface area contributed by atoms with Crippen molar-refractivity contribution in [3.05, 3.63) is 75.3 Å². The summed E-state index contributed by atoms with van der Waals surface area (Å²) in [5, 5.41) is 11.4.